The van der Waals surface area contributed by atoms with Gasteiger partial charge in [-0.2, -0.15) is 10.5 Å². The fourth-order valence-electron chi connectivity index (χ4n) is 2.63. The summed E-state index contributed by atoms with van der Waals surface area (Å²) in [6, 6.07) is 5.12. The Morgan fingerprint density at radius 3 is 2.05 bits per heavy atom. The molecule has 1 fully saturated rings. The molecule has 118 valence electrons. The maximum Gasteiger partial charge on any atom is 0.100 e. The van der Waals surface area contributed by atoms with E-state index < -0.39 is 0 Å². The Hall–Kier alpha value is -1.10. The highest BCUT2D eigenvalue weighted by molar-refractivity contribution is 5.03. The van der Waals surface area contributed by atoms with Crippen LogP contribution in [0.3, 0.4) is 0 Å². The zero-order valence-electron chi connectivity index (χ0n) is 14.3. The molecule has 1 aliphatic rings. The van der Waals surface area contributed by atoms with Crippen molar-refractivity contribution in [2.75, 3.05) is 6.54 Å². The second-order valence-corrected chi connectivity index (χ2v) is 7.67. The van der Waals surface area contributed by atoms with Crippen LogP contribution in [0.4, 0.5) is 0 Å². The van der Waals surface area contributed by atoms with Gasteiger partial charge in [-0.05, 0) is 45.4 Å². The van der Waals surface area contributed by atoms with Crippen molar-refractivity contribution in [3.8, 4) is 12.1 Å². The predicted molar refractivity (Wildman–Crippen MR) is 85.4 cm³/mol. The smallest absolute Gasteiger partial charge is 0.100 e. The molecule has 1 saturated carbocycles. The Balaban J connectivity index is 2.80. The number of nitrogens with zero attached hydrogens (tertiary/aromatic N) is 3. The summed E-state index contributed by atoms with van der Waals surface area (Å²) in [5, 5.41) is 22.3. The molecule has 0 spiro atoms. The molecule has 0 bridgehead atoms. The monoisotopic (exact) mass is 290 g/mol. The van der Waals surface area contributed by atoms with E-state index in [0.29, 0.717) is 6.04 Å². The van der Waals surface area contributed by atoms with E-state index in [4.69, 9.17) is 0 Å². The highest BCUT2D eigenvalue weighted by Gasteiger charge is 2.35. The Morgan fingerprint density at radius 1 is 1.14 bits per heavy atom. The van der Waals surface area contributed by atoms with Crippen molar-refractivity contribution in [2.24, 2.45) is 11.8 Å². The van der Waals surface area contributed by atoms with Crippen LogP contribution in [-0.2, 0) is 0 Å². The van der Waals surface area contributed by atoms with Gasteiger partial charge in [-0.1, -0.05) is 20.8 Å². The van der Waals surface area contributed by atoms with Crippen molar-refractivity contribution in [3.63, 3.8) is 0 Å². The van der Waals surface area contributed by atoms with E-state index in [9.17, 15) is 10.5 Å². The van der Waals surface area contributed by atoms with Gasteiger partial charge < -0.3 is 0 Å². The average Bonchev–Trinajstić information content (AvgIpc) is 3.17. The summed E-state index contributed by atoms with van der Waals surface area (Å²) >= 11 is 0. The first-order valence-corrected chi connectivity index (χ1v) is 8.02. The second-order valence-electron chi connectivity index (χ2n) is 7.67. The molecule has 0 aliphatic heterocycles. The number of rotatable bonds is 7. The van der Waals surface area contributed by atoms with Gasteiger partial charge >= 0.3 is 0 Å². The molecule has 4 heteroatoms. The van der Waals surface area contributed by atoms with Gasteiger partial charge in [-0.25, -0.2) is 0 Å². The molecule has 0 heterocycles. The van der Waals surface area contributed by atoms with Crippen LogP contribution in [0.1, 0.15) is 54.4 Å². The van der Waals surface area contributed by atoms with Crippen LogP contribution in [0.25, 0.3) is 0 Å². The van der Waals surface area contributed by atoms with Gasteiger partial charge in [0.2, 0.25) is 0 Å². The van der Waals surface area contributed by atoms with E-state index in [0.717, 1.165) is 6.54 Å². The molecular formula is C17H30N4. The minimum atomic E-state index is -0.131. The third kappa shape index (κ3) is 5.30. The summed E-state index contributed by atoms with van der Waals surface area (Å²) in [6.45, 7) is 13.5. The van der Waals surface area contributed by atoms with Crippen molar-refractivity contribution in [3.05, 3.63) is 0 Å². The summed E-state index contributed by atoms with van der Waals surface area (Å²) in [4.78, 5) is 2.25. The summed E-state index contributed by atoms with van der Waals surface area (Å²) in [5.41, 5.74) is -0.0848. The fourth-order valence-corrected chi connectivity index (χ4v) is 2.63. The van der Waals surface area contributed by atoms with Crippen LogP contribution in [0, 0.1) is 34.5 Å². The molecule has 0 aromatic heterocycles. The first-order chi connectivity index (χ1) is 9.70. The van der Waals surface area contributed by atoms with Gasteiger partial charge in [0.1, 0.15) is 6.04 Å². The van der Waals surface area contributed by atoms with Crippen molar-refractivity contribution < 1.29 is 0 Å². The maximum atomic E-state index is 9.52. The highest BCUT2D eigenvalue weighted by Crippen LogP contribution is 2.25. The summed E-state index contributed by atoms with van der Waals surface area (Å²) in [7, 11) is 0. The van der Waals surface area contributed by atoms with E-state index in [1.54, 1.807) is 0 Å². The lowest BCUT2D eigenvalue weighted by Gasteiger charge is -2.42. The molecule has 0 aromatic carbocycles. The van der Waals surface area contributed by atoms with Gasteiger partial charge in [0.25, 0.3) is 0 Å². The topological polar surface area (TPSA) is 62.9 Å². The summed E-state index contributed by atoms with van der Waals surface area (Å²) < 4.78 is 0. The summed E-state index contributed by atoms with van der Waals surface area (Å²) in [5.74, 6) is 0.475. The van der Waals surface area contributed by atoms with Crippen molar-refractivity contribution in [1.29, 1.82) is 10.5 Å². The van der Waals surface area contributed by atoms with Crippen LogP contribution < -0.4 is 5.32 Å². The van der Waals surface area contributed by atoms with Crippen molar-refractivity contribution in [1.82, 2.24) is 10.2 Å². The lowest BCUT2D eigenvalue weighted by molar-refractivity contribution is 0.0651. The van der Waals surface area contributed by atoms with Crippen LogP contribution >= 0.6 is 0 Å². The SMILES string of the molecule is CC(C)C(C#N)N(CC(C)C(C#N)NC1CC1)C(C)(C)C. The molecule has 1 aliphatic carbocycles. The molecule has 3 atom stereocenters. The lowest BCUT2D eigenvalue weighted by Crippen LogP contribution is -2.53. The van der Waals surface area contributed by atoms with Gasteiger partial charge in [-0.3, -0.25) is 10.2 Å². The standard InChI is InChI=1S/C17H30N4/c1-12(2)16(10-19)21(17(4,5)6)11-13(3)15(9-18)20-14-7-8-14/h12-16,20H,7-8,11H2,1-6H3. The van der Waals surface area contributed by atoms with Crippen LogP contribution in [0.2, 0.25) is 0 Å². The lowest BCUT2D eigenvalue weighted by atomic mass is 9.92. The molecule has 0 radical (unpaired) electrons. The Labute approximate surface area is 130 Å². The molecule has 3 unspecified atom stereocenters. The van der Waals surface area contributed by atoms with E-state index in [1.807, 2.05) is 0 Å². The average molecular weight is 290 g/mol. The van der Waals surface area contributed by atoms with Crippen LogP contribution in [0.15, 0.2) is 0 Å². The molecule has 0 aromatic rings. The molecular weight excluding hydrogens is 260 g/mol. The van der Waals surface area contributed by atoms with Crippen LogP contribution in [0.5, 0.6) is 0 Å². The third-order valence-electron chi connectivity index (χ3n) is 4.15. The molecule has 0 amide bonds. The molecule has 0 saturated heterocycles. The first-order valence-electron chi connectivity index (χ1n) is 8.02. The van der Waals surface area contributed by atoms with Crippen molar-refractivity contribution in [2.45, 2.75) is 78.0 Å². The zero-order chi connectivity index (χ0) is 16.2. The Morgan fingerprint density at radius 2 is 1.71 bits per heavy atom. The second kappa shape index (κ2) is 7.25. The zero-order valence-corrected chi connectivity index (χ0v) is 14.3. The molecule has 1 rings (SSSR count). The third-order valence-corrected chi connectivity index (χ3v) is 4.15. The quantitative estimate of drug-likeness (QED) is 0.783. The van der Waals surface area contributed by atoms with E-state index in [-0.39, 0.29) is 29.5 Å². The Bertz CT molecular complexity index is 406. The van der Waals surface area contributed by atoms with Gasteiger partial charge in [-0.15, -0.1) is 0 Å². The number of hydrogen-bond acceptors (Lipinski definition) is 4. The van der Waals surface area contributed by atoms with Crippen molar-refractivity contribution >= 4 is 0 Å². The summed E-state index contributed by atoms with van der Waals surface area (Å²) in [6.07, 6.45) is 2.36. The number of nitrogens with one attached hydrogen (secondary N) is 1. The van der Waals surface area contributed by atoms with Crippen LogP contribution in [-0.4, -0.2) is 35.1 Å². The minimum absolute atomic E-state index is 0.0848. The van der Waals surface area contributed by atoms with E-state index in [1.165, 1.54) is 12.8 Å². The fraction of sp³-hybridized carbons (Fsp3) is 0.882. The first kappa shape index (κ1) is 18.0. The predicted octanol–water partition coefficient (Wildman–Crippen LogP) is 2.92. The van der Waals surface area contributed by atoms with Gasteiger partial charge in [0.05, 0.1) is 18.2 Å². The Kier molecular flexibility index (Phi) is 6.20. The minimum Gasteiger partial charge on any atom is -0.299 e. The highest BCUT2D eigenvalue weighted by atomic mass is 15.2. The van der Waals surface area contributed by atoms with E-state index in [2.05, 4.69) is 63.9 Å². The number of hydrogen-bond donors (Lipinski definition) is 1. The number of nitriles is 2. The van der Waals surface area contributed by atoms with Gasteiger partial charge in [0, 0.05) is 18.1 Å². The molecule has 1 N–H and O–H groups in total. The maximum absolute atomic E-state index is 9.52. The normalized spacial score (nSPS) is 19.9. The molecule has 21 heavy (non-hydrogen) atoms. The largest absolute Gasteiger partial charge is 0.299 e. The van der Waals surface area contributed by atoms with E-state index >= 15 is 0 Å². The van der Waals surface area contributed by atoms with Gasteiger partial charge in [0.15, 0.2) is 0 Å². The molecule has 4 nitrogen and oxygen atoms in total.